The van der Waals surface area contributed by atoms with Crippen molar-refractivity contribution in [3.63, 3.8) is 0 Å². The molecule has 1 atom stereocenters. The molecule has 182 valence electrons. The van der Waals surface area contributed by atoms with Gasteiger partial charge in [0.25, 0.3) is 6.01 Å². The van der Waals surface area contributed by atoms with E-state index < -0.39 is 6.10 Å². The first kappa shape index (κ1) is 22.4. The fraction of sp³-hybridized carbons (Fsp3) is 0.241. The minimum atomic E-state index is -0.866. The van der Waals surface area contributed by atoms with Crippen molar-refractivity contribution in [1.82, 2.24) is 9.88 Å². The predicted molar refractivity (Wildman–Crippen MR) is 136 cm³/mol. The fourth-order valence-corrected chi connectivity index (χ4v) is 5.11. The zero-order valence-electron chi connectivity index (χ0n) is 19.8. The van der Waals surface area contributed by atoms with Gasteiger partial charge in [0.15, 0.2) is 5.76 Å². The minimum absolute atomic E-state index is 0.0458. The second-order valence-corrected chi connectivity index (χ2v) is 9.14. The maximum absolute atomic E-state index is 12.9. The number of hydrogen-bond acceptors (Lipinski definition) is 6. The number of aliphatic hydroxyl groups is 1. The van der Waals surface area contributed by atoms with Crippen molar-refractivity contribution >= 4 is 12.1 Å². The first-order valence-corrected chi connectivity index (χ1v) is 12.2. The van der Waals surface area contributed by atoms with E-state index in [0.717, 1.165) is 5.56 Å². The fourth-order valence-electron chi connectivity index (χ4n) is 5.11. The van der Waals surface area contributed by atoms with Gasteiger partial charge in [0.05, 0.1) is 6.20 Å². The van der Waals surface area contributed by atoms with Crippen molar-refractivity contribution in [3.8, 4) is 11.1 Å². The number of carbonyl (C=O) groups excluding carboxylic acids is 1. The molecule has 1 unspecified atom stereocenters. The highest BCUT2D eigenvalue weighted by Gasteiger charge is 2.31. The van der Waals surface area contributed by atoms with Crippen LogP contribution in [0.4, 0.5) is 10.8 Å². The summed E-state index contributed by atoms with van der Waals surface area (Å²) in [5, 5.41) is 10.6. The highest BCUT2D eigenvalue weighted by Crippen LogP contribution is 2.44. The zero-order chi connectivity index (χ0) is 24.5. The lowest BCUT2D eigenvalue weighted by Crippen LogP contribution is -2.49. The lowest BCUT2D eigenvalue weighted by molar-refractivity contribution is 0.0972. The summed E-state index contributed by atoms with van der Waals surface area (Å²) in [5.41, 5.74) is 5.58. The van der Waals surface area contributed by atoms with Crippen LogP contribution in [0.3, 0.4) is 0 Å². The Morgan fingerprint density at radius 3 is 2.19 bits per heavy atom. The van der Waals surface area contributed by atoms with Crippen LogP contribution >= 0.6 is 0 Å². The van der Waals surface area contributed by atoms with Crippen LogP contribution in [0.5, 0.6) is 0 Å². The summed E-state index contributed by atoms with van der Waals surface area (Å²) in [7, 11) is 0. The number of anilines is 1. The first-order valence-electron chi connectivity index (χ1n) is 12.2. The molecule has 36 heavy (non-hydrogen) atoms. The number of ether oxygens (including phenoxy) is 1. The smallest absolute Gasteiger partial charge is 0.409 e. The molecular weight excluding hydrogens is 454 g/mol. The number of fused-ring (bicyclic) bond motifs is 3. The van der Waals surface area contributed by atoms with Crippen LogP contribution in [-0.2, 0) is 4.74 Å². The molecule has 0 radical (unpaired) electrons. The van der Waals surface area contributed by atoms with Gasteiger partial charge in [-0.1, -0.05) is 78.9 Å². The summed E-state index contributed by atoms with van der Waals surface area (Å²) >= 11 is 0. The molecule has 4 aromatic rings. The number of nitrogens with zero attached hydrogens (tertiary/aromatic N) is 3. The molecule has 2 heterocycles. The lowest BCUT2D eigenvalue weighted by atomic mass is 9.98. The average molecular weight is 482 g/mol. The number of benzene rings is 3. The van der Waals surface area contributed by atoms with Crippen molar-refractivity contribution < 1.29 is 19.1 Å². The highest BCUT2D eigenvalue weighted by atomic mass is 16.6. The Labute approximate surface area is 209 Å². The number of oxazole rings is 1. The van der Waals surface area contributed by atoms with Gasteiger partial charge < -0.3 is 24.1 Å². The summed E-state index contributed by atoms with van der Waals surface area (Å²) in [6.07, 6.45) is 0.393. The van der Waals surface area contributed by atoms with Crippen LogP contribution in [0.2, 0.25) is 0 Å². The second kappa shape index (κ2) is 9.51. The van der Waals surface area contributed by atoms with Crippen molar-refractivity contribution in [2.45, 2.75) is 12.0 Å². The summed E-state index contributed by atoms with van der Waals surface area (Å²) in [6.45, 7) is 2.48. The van der Waals surface area contributed by atoms with E-state index in [0.29, 0.717) is 44.6 Å². The largest absolute Gasteiger partial charge is 0.448 e. The van der Waals surface area contributed by atoms with Crippen LogP contribution in [0.15, 0.2) is 89.5 Å². The molecule has 1 aliphatic carbocycles. The average Bonchev–Trinajstić information content (AvgIpc) is 3.56. The van der Waals surface area contributed by atoms with Gasteiger partial charge in [-0.05, 0) is 27.8 Å². The molecule has 1 aliphatic heterocycles. The maximum atomic E-state index is 12.9. The summed E-state index contributed by atoms with van der Waals surface area (Å²) in [6, 6.07) is 26.4. The molecule has 7 heteroatoms. The molecule has 1 saturated heterocycles. The molecule has 3 aromatic carbocycles. The molecule has 0 bridgehead atoms. The Morgan fingerprint density at radius 1 is 0.917 bits per heavy atom. The molecule has 6 rings (SSSR count). The minimum Gasteiger partial charge on any atom is -0.448 e. The van der Waals surface area contributed by atoms with Crippen molar-refractivity contribution in [1.29, 1.82) is 0 Å². The molecular formula is C29H27N3O4. The van der Waals surface area contributed by atoms with Gasteiger partial charge in [0.1, 0.15) is 12.7 Å². The molecule has 1 fully saturated rings. The molecule has 0 spiro atoms. The lowest BCUT2D eigenvalue weighted by Gasteiger charge is -2.33. The number of aliphatic hydroxyl groups excluding tert-OH is 1. The van der Waals surface area contributed by atoms with E-state index in [9.17, 15) is 9.90 Å². The zero-order valence-corrected chi connectivity index (χ0v) is 19.8. The molecule has 7 nitrogen and oxygen atoms in total. The topological polar surface area (TPSA) is 79.0 Å². The van der Waals surface area contributed by atoms with Crippen LogP contribution < -0.4 is 4.90 Å². The predicted octanol–water partition coefficient (Wildman–Crippen LogP) is 4.83. The number of aromatic nitrogens is 1. The van der Waals surface area contributed by atoms with Crippen LogP contribution in [-0.4, -0.2) is 53.9 Å². The van der Waals surface area contributed by atoms with Crippen LogP contribution in [0.1, 0.15) is 34.5 Å². The monoisotopic (exact) mass is 481 g/mol. The quantitative estimate of drug-likeness (QED) is 0.440. The van der Waals surface area contributed by atoms with Crippen LogP contribution in [0.25, 0.3) is 11.1 Å². The molecule has 0 saturated carbocycles. The Balaban J connectivity index is 1.06. The number of hydrogen-bond donors (Lipinski definition) is 1. The Kier molecular flexibility index (Phi) is 5.91. The van der Waals surface area contributed by atoms with E-state index in [1.54, 1.807) is 11.1 Å². The normalized spacial score (nSPS) is 15.9. The molecule has 1 amide bonds. The van der Waals surface area contributed by atoms with Crippen molar-refractivity contribution in [3.05, 3.63) is 108 Å². The van der Waals surface area contributed by atoms with Gasteiger partial charge >= 0.3 is 6.09 Å². The third-order valence-corrected chi connectivity index (χ3v) is 7.04. The number of piperazine rings is 1. The third kappa shape index (κ3) is 4.12. The van der Waals surface area contributed by atoms with Gasteiger partial charge in [-0.15, -0.1) is 0 Å². The summed E-state index contributed by atoms with van der Waals surface area (Å²) in [4.78, 5) is 20.9. The van der Waals surface area contributed by atoms with Gasteiger partial charge in [0.2, 0.25) is 0 Å². The number of carbonyl (C=O) groups is 1. The standard InChI is InChI=1S/C29H27N3O4/c33-27(20-8-2-1-3-9-20)26-18-30-28(36-26)31-14-16-32(17-15-31)29(34)35-19-25-23-12-6-4-10-21(23)22-11-5-7-13-24(22)25/h1-13,18,25,27,33H,14-17,19H2. The van der Waals surface area contributed by atoms with Crippen molar-refractivity contribution in [2.75, 3.05) is 37.7 Å². The van der Waals surface area contributed by atoms with Gasteiger partial charge in [0, 0.05) is 32.1 Å². The van der Waals surface area contributed by atoms with E-state index in [4.69, 9.17) is 9.15 Å². The molecule has 1 N–H and O–H groups in total. The molecule has 2 aliphatic rings. The summed E-state index contributed by atoms with van der Waals surface area (Å²) < 4.78 is 11.6. The Bertz CT molecular complexity index is 1320. The van der Waals surface area contributed by atoms with Crippen LogP contribution in [0, 0.1) is 0 Å². The van der Waals surface area contributed by atoms with Crippen molar-refractivity contribution in [2.24, 2.45) is 0 Å². The third-order valence-electron chi connectivity index (χ3n) is 7.04. The van der Waals surface area contributed by atoms with E-state index in [2.05, 4.69) is 29.2 Å². The maximum Gasteiger partial charge on any atom is 0.409 e. The Hall–Kier alpha value is -4.10. The number of rotatable bonds is 5. The SMILES string of the molecule is O=C(OCC1c2ccccc2-c2ccccc21)N1CCN(c2ncc(C(O)c3ccccc3)o2)CC1. The van der Waals surface area contributed by atoms with E-state index in [1.165, 1.54) is 22.3 Å². The second-order valence-electron chi connectivity index (χ2n) is 9.14. The summed E-state index contributed by atoms with van der Waals surface area (Å²) in [5.74, 6) is 0.444. The van der Waals surface area contributed by atoms with E-state index in [1.807, 2.05) is 59.5 Å². The van der Waals surface area contributed by atoms with E-state index in [-0.39, 0.29) is 12.0 Å². The van der Waals surface area contributed by atoms with E-state index >= 15 is 0 Å². The van der Waals surface area contributed by atoms with Gasteiger partial charge in [-0.25, -0.2) is 9.78 Å². The Morgan fingerprint density at radius 2 is 1.53 bits per heavy atom. The van der Waals surface area contributed by atoms with Gasteiger partial charge in [-0.2, -0.15) is 0 Å². The van der Waals surface area contributed by atoms with Gasteiger partial charge in [-0.3, -0.25) is 0 Å². The highest BCUT2D eigenvalue weighted by molar-refractivity contribution is 5.79. The first-order chi connectivity index (χ1) is 17.7. The number of amides is 1. The molecule has 1 aromatic heterocycles.